The van der Waals surface area contributed by atoms with Gasteiger partial charge in [-0.05, 0) is 32.9 Å². The summed E-state index contributed by atoms with van der Waals surface area (Å²) in [6.45, 7) is 5.57. The van der Waals surface area contributed by atoms with E-state index in [1.165, 1.54) is 23.1 Å². The number of nitrogens with zero attached hydrogens (tertiary/aromatic N) is 4. The molecule has 8 heteroatoms. The predicted molar refractivity (Wildman–Crippen MR) is 94.9 cm³/mol. The fourth-order valence-corrected chi connectivity index (χ4v) is 4.41. The summed E-state index contributed by atoms with van der Waals surface area (Å²) in [6.07, 6.45) is 0. The lowest BCUT2D eigenvalue weighted by atomic mass is 10.2. The molecular weight excluding hydrogens is 344 g/mol. The lowest BCUT2D eigenvalue weighted by Crippen LogP contribution is -2.10. The molecule has 3 aromatic rings. The summed E-state index contributed by atoms with van der Waals surface area (Å²) in [7, 11) is 0. The van der Waals surface area contributed by atoms with Crippen LogP contribution < -0.4 is 0 Å². The topological polar surface area (TPSA) is 80.9 Å². The molecule has 0 aliphatic heterocycles. The first kappa shape index (κ1) is 16.7. The van der Waals surface area contributed by atoms with Crippen LogP contribution in [0.15, 0.2) is 34.7 Å². The molecule has 0 aliphatic rings. The molecule has 1 unspecified atom stereocenters. The van der Waals surface area contributed by atoms with Gasteiger partial charge in [-0.25, -0.2) is 4.68 Å². The van der Waals surface area contributed by atoms with E-state index in [9.17, 15) is 4.79 Å². The average molecular weight is 360 g/mol. The number of rotatable bonds is 5. The van der Waals surface area contributed by atoms with Crippen LogP contribution in [0, 0.1) is 13.8 Å². The first-order valence-electron chi connectivity index (χ1n) is 7.32. The van der Waals surface area contributed by atoms with E-state index in [1.807, 2.05) is 48.9 Å². The van der Waals surface area contributed by atoms with Crippen LogP contribution in [-0.4, -0.2) is 36.3 Å². The van der Waals surface area contributed by atoms with Gasteiger partial charge in [-0.15, -0.1) is 10.2 Å². The van der Waals surface area contributed by atoms with Crippen molar-refractivity contribution in [2.45, 2.75) is 30.4 Å². The summed E-state index contributed by atoms with van der Waals surface area (Å²) in [5.74, 6) is -0.860. The van der Waals surface area contributed by atoms with Crippen molar-refractivity contribution in [1.82, 2.24) is 20.0 Å². The van der Waals surface area contributed by atoms with Crippen molar-refractivity contribution in [3.05, 3.63) is 41.7 Å². The van der Waals surface area contributed by atoms with Gasteiger partial charge in [0.25, 0.3) is 0 Å². The molecule has 124 valence electrons. The maximum Gasteiger partial charge on any atom is 0.316 e. The van der Waals surface area contributed by atoms with Crippen LogP contribution in [0.5, 0.6) is 0 Å². The minimum absolute atomic E-state index is 0.556. The lowest BCUT2D eigenvalue weighted by Gasteiger charge is -2.03. The molecule has 1 N–H and O–H groups in total. The number of aryl methyl sites for hydroxylation is 1. The SMILES string of the molecule is Cc1nn(-c2ccccc2)c(C)c1-c1nnc(SC(C)C(=O)O)s1. The van der Waals surface area contributed by atoms with Gasteiger partial charge in [0.05, 0.1) is 22.6 Å². The standard InChI is InChI=1S/C16H16N4O2S2/c1-9-13(10(2)20(19-9)12-7-5-4-6-8-12)14-17-18-16(24-14)23-11(3)15(21)22/h4-8,11H,1-3H3,(H,21,22). The molecule has 0 fully saturated rings. The van der Waals surface area contributed by atoms with E-state index >= 15 is 0 Å². The Morgan fingerprint density at radius 2 is 1.96 bits per heavy atom. The van der Waals surface area contributed by atoms with Crippen molar-refractivity contribution in [1.29, 1.82) is 0 Å². The third-order valence-corrected chi connectivity index (χ3v) is 5.65. The van der Waals surface area contributed by atoms with Crippen molar-refractivity contribution >= 4 is 29.1 Å². The summed E-state index contributed by atoms with van der Waals surface area (Å²) in [5, 5.41) is 22.2. The molecule has 0 aliphatic carbocycles. The molecule has 1 aromatic carbocycles. The van der Waals surface area contributed by atoms with Gasteiger partial charge in [0.1, 0.15) is 5.25 Å². The number of benzene rings is 1. The van der Waals surface area contributed by atoms with Crippen molar-refractivity contribution in [3.8, 4) is 16.3 Å². The molecule has 0 saturated carbocycles. The van der Waals surface area contributed by atoms with Gasteiger partial charge >= 0.3 is 5.97 Å². The summed E-state index contributed by atoms with van der Waals surface area (Å²) in [4.78, 5) is 11.0. The second-order valence-electron chi connectivity index (χ2n) is 5.26. The van der Waals surface area contributed by atoms with Crippen LogP contribution in [0.25, 0.3) is 16.3 Å². The first-order chi connectivity index (χ1) is 11.5. The highest BCUT2D eigenvalue weighted by Gasteiger charge is 2.20. The minimum atomic E-state index is -0.860. The minimum Gasteiger partial charge on any atom is -0.480 e. The summed E-state index contributed by atoms with van der Waals surface area (Å²) in [5.41, 5.74) is 3.79. The zero-order chi connectivity index (χ0) is 17.3. The molecule has 2 heterocycles. The first-order valence-corrected chi connectivity index (χ1v) is 9.02. The second-order valence-corrected chi connectivity index (χ2v) is 7.83. The van der Waals surface area contributed by atoms with E-state index in [-0.39, 0.29) is 0 Å². The Labute approximate surface area is 147 Å². The highest BCUT2D eigenvalue weighted by atomic mass is 32.2. The third-order valence-electron chi connectivity index (χ3n) is 3.54. The molecule has 3 rings (SSSR count). The number of aliphatic carboxylic acids is 1. The number of thioether (sulfide) groups is 1. The van der Waals surface area contributed by atoms with Crippen molar-refractivity contribution in [3.63, 3.8) is 0 Å². The Bertz CT molecular complexity index is 874. The second kappa shape index (κ2) is 6.74. The zero-order valence-corrected chi connectivity index (χ0v) is 15.1. The fourth-order valence-electron chi connectivity index (χ4n) is 2.33. The van der Waals surface area contributed by atoms with Crippen LogP contribution in [0.2, 0.25) is 0 Å². The normalized spacial score (nSPS) is 12.3. The maximum absolute atomic E-state index is 11.0. The highest BCUT2D eigenvalue weighted by Crippen LogP contribution is 2.35. The molecule has 0 amide bonds. The molecule has 0 saturated heterocycles. The van der Waals surface area contributed by atoms with Crippen LogP contribution in [0.3, 0.4) is 0 Å². The molecule has 0 spiro atoms. The van der Waals surface area contributed by atoms with Gasteiger partial charge < -0.3 is 5.11 Å². The lowest BCUT2D eigenvalue weighted by molar-refractivity contribution is -0.136. The molecule has 0 radical (unpaired) electrons. The Hall–Kier alpha value is -2.19. The monoisotopic (exact) mass is 360 g/mol. The number of carbonyl (C=O) groups is 1. The molecular formula is C16H16N4O2S2. The van der Waals surface area contributed by atoms with Crippen molar-refractivity contribution < 1.29 is 9.90 Å². The Morgan fingerprint density at radius 3 is 2.62 bits per heavy atom. The van der Waals surface area contributed by atoms with Crippen LogP contribution >= 0.6 is 23.1 Å². The van der Waals surface area contributed by atoms with Gasteiger partial charge in [-0.1, -0.05) is 41.3 Å². The Kier molecular flexibility index (Phi) is 4.68. The number of hydrogen-bond donors (Lipinski definition) is 1. The summed E-state index contributed by atoms with van der Waals surface area (Å²) < 4.78 is 2.53. The van der Waals surface area contributed by atoms with Crippen molar-refractivity contribution in [2.24, 2.45) is 0 Å². The van der Waals surface area contributed by atoms with E-state index in [0.717, 1.165) is 27.6 Å². The van der Waals surface area contributed by atoms with Gasteiger partial charge in [-0.3, -0.25) is 4.79 Å². The number of carboxylic acid groups (broad SMARTS) is 1. The number of carboxylic acids is 1. The van der Waals surface area contributed by atoms with Crippen LogP contribution in [0.1, 0.15) is 18.3 Å². The quantitative estimate of drug-likeness (QED) is 0.701. The molecule has 6 nitrogen and oxygen atoms in total. The van der Waals surface area contributed by atoms with E-state index in [2.05, 4.69) is 15.3 Å². The number of hydrogen-bond acceptors (Lipinski definition) is 6. The Morgan fingerprint density at radius 1 is 1.25 bits per heavy atom. The van der Waals surface area contributed by atoms with E-state index in [1.54, 1.807) is 6.92 Å². The van der Waals surface area contributed by atoms with Crippen molar-refractivity contribution in [2.75, 3.05) is 0 Å². The largest absolute Gasteiger partial charge is 0.480 e. The number of aromatic nitrogens is 4. The molecule has 1 atom stereocenters. The van der Waals surface area contributed by atoms with E-state index < -0.39 is 11.2 Å². The van der Waals surface area contributed by atoms with Gasteiger partial charge in [0, 0.05) is 0 Å². The number of para-hydroxylation sites is 1. The highest BCUT2D eigenvalue weighted by molar-refractivity contribution is 8.02. The third kappa shape index (κ3) is 3.20. The average Bonchev–Trinajstić information content (AvgIpc) is 3.12. The Balaban J connectivity index is 1.95. The fraction of sp³-hybridized carbons (Fsp3) is 0.250. The zero-order valence-electron chi connectivity index (χ0n) is 13.4. The van der Waals surface area contributed by atoms with E-state index in [4.69, 9.17) is 5.11 Å². The molecule has 0 bridgehead atoms. The van der Waals surface area contributed by atoms with Crippen LogP contribution in [-0.2, 0) is 4.79 Å². The van der Waals surface area contributed by atoms with Crippen LogP contribution in [0.4, 0.5) is 0 Å². The van der Waals surface area contributed by atoms with Gasteiger partial charge in [0.2, 0.25) is 0 Å². The summed E-state index contributed by atoms with van der Waals surface area (Å²) in [6, 6.07) is 9.91. The molecule has 24 heavy (non-hydrogen) atoms. The summed E-state index contributed by atoms with van der Waals surface area (Å²) >= 11 is 2.59. The molecule has 2 aromatic heterocycles. The maximum atomic E-state index is 11.0. The van der Waals surface area contributed by atoms with E-state index in [0.29, 0.717) is 4.34 Å². The van der Waals surface area contributed by atoms with Gasteiger partial charge in [0.15, 0.2) is 9.35 Å². The smallest absolute Gasteiger partial charge is 0.316 e. The predicted octanol–water partition coefficient (Wildman–Crippen LogP) is 3.57. The van der Waals surface area contributed by atoms with Gasteiger partial charge in [-0.2, -0.15) is 5.10 Å².